The Bertz CT molecular complexity index is 961. The van der Waals surface area contributed by atoms with E-state index < -0.39 is 11.5 Å². The normalized spacial score (nSPS) is 11.0. The van der Waals surface area contributed by atoms with Crippen LogP contribution in [0.25, 0.3) is 5.65 Å². The summed E-state index contributed by atoms with van der Waals surface area (Å²) in [7, 11) is 1.36. The van der Waals surface area contributed by atoms with Crippen molar-refractivity contribution in [1.82, 2.24) is 9.38 Å². The molecule has 3 rings (SSSR count). The summed E-state index contributed by atoms with van der Waals surface area (Å²) in [5, 5.41) is 14.3. The molecule has 0 aliphatic carbocycles. The van der Waals surface area contributed by atoms with E-state index >= 15 is 0 Å². The zero-order valence-corrected chi connectivity index (χ0v) is 14.3. The Kier molecular flexibility index (Phi) is 5.34. The molecule has 0 atom stereocenters. The number of ether oxygens (including phenoxy) is 2. The van der Waals surface area contributed by atoms with Crippen molar-refractivity contribution < 1.29 is 23.2 Å². The number of nitrogens with one attached hydrogen (secondary N) is 1. The number of hydrogen-bond donors (Lipinski definition) is 1. The minimum Gasteiger partial charge on any atom is -0.493 e. The number of rotatable bonds is 8. The quantitative estimate of drug-likeness (QED) is 0.476. The molecule has 2 heterocycles. The van der Waals surface area contributed by atoms with Crippen LogP contribution in [0.15, 0.2) is 42.6 Å². The fraction of sp³-hybridized carbons (Fsp3) is 0.235. The van der Waals surface area contributed by atoms with Crippen LogP contribution in [0.1, 0.15) is 5.56 Å². The predicted molar refractivity (Wildman–Crippen MR) is 93.7 cm³/mol. The van der Waals surface area contributed by atoms with Crippen LogP contribution in [0.5, 0.6) is 11.5 Å². The molecule has 1 aromatic carbocycles. The van der Waals surface area contributed by atoms with Gasteiger partial charge in [0.2, 0.25) is 11.5 Å². The van der Waals surface area contributed by atoms with E-state index in [0.29, 0.717) is 18.6 Å². The van der Waals surface area contributed by atoms with Gasteiger partial charge >= 0.3 is 12.4 Å². The first-order valence-corrected chi connectivity index (χ1v) is 7.96. The zero-order valence-electron chi connectivity index (χ0n) is 14.3. The lowest BCUT2D eigenvalue weighted by atomic mass is 10.1. The van der Waals surface area contributed by atoms with E-state index in [1.807, 2.05) is 0 Å². The maximum Gasteiger partial charge on any atom is 0.387 e. The van der Waals surface area contributed by atoms with Gasteiger partial charge in [0.15, 0.2) is 11.5 Å². The van der Waals surface area contributed by atoms with Crippen LogP contribution in [-0.2, 0) is 6.42 Å². The van der Waals surface area contributed by atoms with Crippen molar-refractivity contribution in [3.63, 3.8) is 0 Å². The number of nitrogens with zero attached hydrogens (tertiary/aromatic N) is 3. The highest BCUT2D eigenvalue weighted by molar-refractivity contribution is 5.62. The van der Waals surface area contributed by atoms with Gasteiger partial charge in [-0.1, -0.05) is 12.1 Å². The first-order valence-electron chi connectivity index (χ1n) is 7.96. The molecule has 142 valence electrons. The van der Waals surface area contributed by atoms with Gasteiger partial charge in [0, 0.05) is 12.6 Å². The van der Waals surface area contributed by atoms with E-state index in [1.165, 1.54) is 17.6 Å². The number of hydrogen-bond acceptors (Lipinski definition) is 6. The number of benzene rings is 1. The molecule has 0 aliphatic heterocycles. The summed E-state index contributed by atoms with van der Waals surface area (Å²) in [5.41, 5.74) is 1.24. The Morgan fingerprint density at radius 2 is 2.11 bits per heavy atom. The van der Waals surface area contributed by atoms with Gasteiger partial charge in [-0.2, -0.15) is 18.2 Å². The molecule has 0 saturated heterocycles. The molecule has 27 heavy (non-hydrogen) atoms. The average molecular weight is 378 g/mol. The number of anilines is 1. The molecule has 0 radical (unpaired) electrons. The average Bonchev–Trinajstić information content (AvgIpc) is 3.00. The molecule has 0 spiro atoms. The van der Waals surface area contributed by atoms with E-state index in [4.69, 9.17) is 4.74 Å². The number of pyridine rings is 1. The molecule has 0 saturated carbocycles. The maximum absolute atomic E-state index is 12.4. The highest BCUT2D eigenvalue weighted by Gasteiger charge is 2.21. The molecule has 0 amide bonds. The number of halogens is 2. The number of methoxy groups -OCH3 is 1. The van der Waals surface area contributed by atoms with Crippen molar-refractivity contribution >= 4 is 17.3 Å². The van der Waals surface area contributed by atoms with Gasteiger partial charge < -0.3 is 24.9 Å². The summed E-state index contributed by atoms with van der Waals surface area (Å²) < 4.78 is 35.6. The SMILES string of the molecule is COc1cc(CCNc2nc3ccccn3c2[N+](=O)[O-])ccc1OC(F)F. The van der Waals surface area contributed by atoms with Gasteiger partial charge in [-0.05, 0) is 35.1 Å². The largest absolute Gasteiger partial charge is 0.493 e. The standard InChI is InChI=1S/C17H16F2N4O4/c1-26-13-10-11(5-6-12(13)27-17(18)19)7-8-20-15-16(23(24)25)22-9-3-2-4-14(22)21-15/h2-6,9-10,17,20H,7-8H2,1H3. The minimum atomic E-state index is -2.94. The summed E-state index contributed by atoms with van der Waals surface area (Å²) in [5.74, 6) is 0.145. The van der Waals surface area contributed by atoms with Crippen molar-refractivity contribution in [2.45, 2.75) is 13.0 Å². The Labute approximate surface area is 152 Å². The predicted octanol–water partition coefficient (Wildman–Crippen LogP) is 3.51. The van der Waals surface area contributed by atoms with E-state index in [9.17, 15) is 18.9 Å². The van der Waals surface area contributed by atoms with Crippen LogP contribution in [-0.4, -0.2) is 34.6 Å². The Hall–Kier alpha value is -3.43. The molecule has 10 heteroatoms. The number of aromatic nitrogens is 2. The summed E-state index contributed by atoms with van der Waals surface area (Å²) >= 11 is 0. The van der Waals surface area contributed by atoms with Crippen molar-refractivity contribution in [1.29, 1.82) is 0 Å². The van der Waals surface area contributed by atoms with Gasteiger partial charge in [0.25, 0.3) is 0 Å². The smallest absolute Gasteiger partial charge is 0.387 e. The van der Waals surface area contributed by atoms with Crippen molar-refractivity contribution in [3.05, 3.63) is 58.3 Å². The van der Waals surface area contributed by atoms with Gasteiger partial charge in [-0.15, -0.1) is 0 Å². The molecule has 8 nitrogen and oxygen atoms in total. The third-order valence-electron chi connectivity index (χ3n) is 3.83. The highest BCUT2D eigenvalue weighted by atomic mass is 19.3. The molecule has 0 aliphatic rings. The third-order valence-corrected chi connectivity index (χ3v) is 3.83. The zero-order chi connectivity index (χ0) is 19.4. The van der Waals surface area contributed by atoms with Crippen LogP contribution in [0.2, 0.25) is 0 Å². The first kappa shape index (κ1) is 18.4. The van der Waals surface area contributed by atoms with Crippen molar-refractivity contribution in [2.24, 2.45) is 0 Å². The summed E-state index contributed by atoms with van der Waals surface area (Å²) in [6.45, 7) is -2.59. The molecular weight excluding hydrogens is 362 g/mol. The Balaban J connectivity index is 1.72. The summed E-state index contributed by atoms with van der Waals surface area (Å²) in [4.78, 5) is 15.1. The fourth-order valence-electron chi connectivity index (χ4n) is 2.66. The van der Waals surface area contributed by atoms with Crippen LogP contribution in [0, 0.1) is 10.1 Å². The lowest BCUT2D eigenvalue weighted by molar-refractivity contribution is -0.389. The van der Waals surface area contributed by atoms with Crippen molar-refractivity contribution in [2.75, 3.05) is 19.0 Å². The van der Waals surface area contributed by atoms with Gasteiger partial charge in [-0.25, -0.2) is 0 Å². The number of fused-ring (bicyclic) bond motifs is 1. The van der Waals surface area contributed by atoms with Crippen LogP contribution < -0.4 is 14.8 Å². The number of alkyl halides is 2. The molecule has 0 fully saturated rings. The molecular formula is C17H16F2N4O4. The number of imidazole rings is 1. The van der Waals surface area contributed by atoms with Gasteiger partial charge in [0.1, 0.15) is 0 Å². The lowest BCUT2D eigenvalue weighted by Crippen LogP contribution is -2.08. The van der Waals surface area contributed by atoms with Crippen LogP contribution >= 0.6 is 0 Å². The Morgan fingerprint density at radius 3 is 2.81 bits per heavy atom. The second kappa shape index (κ2) is 7.85. The third kappa shape index (κ3) is 4.05. The molecule has 3 aromatic rings. The first-order chi connectivity index (χ1) is 13.0. The van der Waals surface area contributed by atoms with Gasteiger partial charge in [0.05, 0.1) is 13.3 Å². The molecule has 0 unspecified atom stereocenters. The van der Waals surface area contributed by atoms with E-state index in [2.05, 4.69) is 15.0 Å². The molecule has 0 bridgehead atoms. The maximum atomic E-state index is 12.4. The summed E-state index contributed by atoms with van der Waals surface area (Å²) in [6.07, 6.45) is 2.04. The van der Waals surface area contributed by atoms with Crippen LogP contribution in [0.3, 0.4) is 0 Å². The Morgan fingerprint density at radius 1 is 1.30 bits per heavy atom. The van der Waals surface area contributed by atoms with E-state index in [1.54, 1.807) is 36.5 Å². The van der Waals surface area contributed by atoms with E-state index in [0.717, 1.165) is 5.56 Å². The van der Waals surface area contributed by atoms with Crippen molar-refractivity contribution in [3.8, 4) is 11.5 Å². The van der Waals surface area contributed by atoms with E-state index in [-0.39, 0.29) is 23.1 Å². The lowest BCUT2D eigenvalue weighted by Gasteiger charge is -2.11. The minimum absolute atomic E-state index is 0.0554. The molecule has 2 aromatic heterocycles. The van der Waals surface area contributed by atoms with Crippen LogP contribution in [0.4, 0.5) is 20.4 Å². The number of nitro groups is 1. The summed E-state index contributed by atoms with van der Waals surface area (Å²) in [6, 6.07) is 9.70. The highest BCUT2D eigenvalue weighted by Crippen LogP contribution is 2.30. The second-order valence-corrected chi connectivity index (χ2v) is 5.51. The fourth-order valence-corrected chi connectivity index (χ4v) is 2.66. The van der Waals surface area contributed by atoms with Gasteiger partial charge in [-0.3, -0.25) is 0 Å². The topological polar surface area (TPSA) is 90.9 Å². The second-order valence-electron chi connectivity index (χ2n) is 5.51. The monoisotopic (exact) mass is 378 g/mol. The molecule has 1 N–H and O–H groups in total.